The van der Waals surface area contributed by atoms with Crippen molar-refractivity contribution in [3.63, 3.8) is 0 Å². The summed E-state index contributed by atoms with van der Waals surface area (Å²) >= 11 is 0. The zero-order valence-corrected chi connectivity index (χ0v) is 17.1. The second-order valence-corrected chi connectivity index (χ2v) is 6.23. The van der Waals surface area contributed by atoms with E-state index >= 15 is 0 Å². The molecule has 0 atom stereocenters. The molecule has 0 aliphatic rings. The molecule has 7 nitrogen and oxygen atoms in total. The number of carbonyl (C=O) groups excluding carboxylic acids is 2. The van der Waals surface area contributed by atoms with E-state index in [9.17, 15) is 9.59 Å². The van der Waals surface area contributed by atoms with Crippen LogP contribution >= 0.6 is 0 Å². The first-order chi connectivity index (χ1) is 14.0. The highest BCUT2D eigenvalue weighted by Gasteiger charge is 2.15. The normalized spacial score (nSPS) is 10.5. The molecular formula is C22H26N2O5. The molecule has 0 radical (unpaired) electrons. The number of rotatable bonds is 9. The summed E-state index contributed by atoms with van der Waals surface area (Å²) in [4.78, 5) is 25.8. The van der Waals surface area contributed by atoms with Crippen molar-refractivity contribution in [1.82, 2.24) is 4.90 Å². The summed E-state index contributed by atoms with van der Waals surface area (Å²) in [7, 11) is 4.64. The number of carbonyl (C=O) groups is 2. The molecule has 0 aromatic heterocycles. The standard InChI is InChI=1S/C22H26N2O5/c1-5-7-16-10-11-19(20(12-16)28-4)29-15-22(26)24(2)14-21(25)23-17-8-6-9-18(13-17)27-3/h5-13H,14-15H2,1-4H3,(H,23,25)/b7-5+. The maximum Gasteiger partial charge on any atom is 0.260 e. The van der Waals surface area contributed by atoms with Gasteiger partial charge in [-0.2, -0.15) is 0 Å². The summed E-state index contributed by atoms with van der Waals surface area (Å²) < 4.78 is 16.0. The molecule has 0 aliphatic carbocycles. The third kappa shape index (κ3) is 6.57. The number of likely N-dealkylation sites (N-methyl/N-ethyl adjacent to an activating group) is 1. The quantitative estimate of drug-likeness (QED) is 0.702. The van der Waals surface area contributed by atoms with Gasteiger partial charge < -0.3 is 24.4 Å². The second-order valence-electron chi connectivity index (χ2n) is 6.23. The van der Waals surface area contributed by atoms with Gasteiger partial charge in [0.1, 0.15) is 5.75 Å². The number of methoxy groups -OCH3 is 2. The van der Waals surface area contributed by atoms with Gasteiger partial charge in [0.25, 0.3) is 5.91 Å². The fraction of sp³-hybridized carbons (Fsp3) is 0.273. The van der Waals surface area contributed by atoms with E-state index in [4.69, 9.17) is 14.2 Å². The van der Waals surface area contributed by atoms with Crippen molar-refractivity contribution in [2.75, 3.05) is 39.7 Å². The first-order valence-electron chi connectivity index (χ1n) is 9.08. The number of nitrogens with zero attached hydrogens (tertiary/aromatic N) is 1. The van der Waals surface area contributed by atoms with Crippen LogP contribution in [0.2, 0.25) is 0 Å². The Hall–Kier alpha value is -3.48. The van der Waals surface area contributed by atoms with Crippen LogP contribution in [0.5, 0.6) is 17.2 Å². The molecule has 154 valence electrons. The fourth-order valence-corrected chi connectivity index (χ4v) is 2.55. The zero-order valence-electron chi connectivity index (χ0n) is 17.1. The Kier molecular flexibility index (Phi) is 8.09. The van der Waals surface area contributed by atoms with Gasteiger partial charge in [0.15, 0.2) is 18.1 Å². The number of ether oxygens (including phenoxy) is 3. The van der Waals surface area contributed by atoms with Crippen molar-refractivity contribution in [2.45, 2.75) is 6.92 Å². The highest BCUT2D eigenvalue weighted by Crippen LogP contribution is 2.28. The molecule has 0 spiro atoms. The molecule has 2 amide bonds. The Balaban J connectivity index is 1.89. The van der Waals surface area contributed by atoms with Crippen LogP contribution in [0.3, 0.4) is 0 Å². The van der Waals surface area contributed by atoms with E-state index in [1.807, 2.05) is 31.2 Å². The lowest BCUT2D eigenvalue weighted by molar-refractivity contribution is -0.135. The van der Waals surface area contributed by atoms with Crippen LogP contribution in [0.4, 0.5) is 5.69 Å². The van der Waals surface area contributed by atoms with E-state index in [-0.39, 0.29) is 25.0 Å². The molecule has 0 aliphatic heterocycles. The molecule has 29 heavy (non-hydrogen) atoms. The summed E-state index contributed by atoms with van der Waals surface area (Å²) in [5, 5.41) is 2.73. The Morgan fingerprint density at radius 2 is 1.86 bits per heavy atom. The Bertz CT molecular complexity index is 879. The molecule has 2 aromatic carbocycles. The summed E-state index contributed by atoms with van der Waals surface area (Å²) in [6.45, 7) is 1.62. The topological polar surface area (TPSA) is 77.1 Å². The minimum atomic E-state index is -0.328. The predicted molar refractivity (Wildman–Crippen MR) is 112 cm³/mol. The minimum Gasteiger partial charge on any atom is -0.497 e. The SMILES string of the molecule is C/C=C/c1ccc(OCC(=O)N(C)CC(=O)Nc2cccc(OC)c2)c(OC)c1. The summed E-state index contributed by atoms with van der Waals surface area (Å²) in [6.07, 6.45) is 3.86. The Morgan fingerprint density at radius 3 is 2.55 bits per heavy atom. The molecule has 2 aromatic rings. The van der Waals surface area contributed by atoms with Crippen LogP contribution in [-0.2, 0) is 9.59 Å². The molecule has 0 saturated heterocycles. The number of nitrogens with one attached hydrogen (secondary N) is 1. The fourth-order valence-electron chi connectivity index (χ4n) is 2.55. The third-order valence-electron chi connectivity index (χ3n) is 4.06. The van der Waals surface area contributed by atoms with Crippen LogP contribution in [0, 0.1) is 0 Å². The average molecular weight is 398 g/mol. The van der Waals surface area contributed by atoms with Gasteiger partial charge in [0, 0.05) is 18.8 Å². The van der Waals surface area contributed by atoms with Crippen molar-refractivity contribution in [1.29, 1.82) is 0 Å². The number of hydrogen-bond donors (Lipinski definition) is 1. The van der Waals surface area contributed by atoms with Crippen LogP contribution in [0.1, 0.15) is 12.5 Å². The van der Waals surface area contributed by atoms with Gasteiger partial charge >= 0.3 is 0 Å². The lowest BCUT2D eigenvalue weighted by atomic mass is 10.2. The van der Waals surface area contributed by atoms with E-state index < -0.39 is 0 Å². The van der Waals surface area contributed by atoms with E-state index in [0.717, 1.165) is 5.56 Å². The number of amides is 2. The van der Waals surface area contributed by atoms with Crippen molar-refractivity contribution in [3.8, 4) is 17.2 Å². The monoisotopic (exact) mass is 398 g/mol. The van der Waals surface area contributed by atoms with E-state index in [1.165, 1.54) is 4.90 Å². The van der Waals surface area contributed by atoms with Gasteiger partial charge in [-0.25, -0.2) is 0 Å². The predicted octanol–water partition coefficient (Wildman–Crippen LogP) is 3.21. The number of anilines is 1. The van der Waals surface area contributed by atoms with Crippen LogP contribution in [0.15, 0.2) is 48.5 Å². The van der Waals surface area contributed by atoms with E-state index in [2.05, 4.69) is 5.32 Å². The maximum absolute atomic E-state index is 12.3. The van der Waals surface area contributed by atoms with Crippen molar-refractivity contribution >= 4 is 23.6 Å². The molecule has 7 heteroatoms. The lowest BCUT2D eigenvalue weighted by Crippen LogP contribution is -2.37. The largest absolute Gasteiger partial charge is 0.497 e. The van der Waals surface area contributed by atoms with Crippen molar-refractivity contribution in [2.24, 2.45) is 0 Å². The number of hydrogen-bond acceptors (Lipinski definition) is 5. The van der Waals surface area contributed by atoms with Gasteiger partial charge in [-0.15, -0.1) is 0 Å². The highest BCUT2D eigenvalue weighted by molar-refractivity contribution is 5.94. The van der Waals surface area contributed by atoms with Gasteiger partial charge in [-0.1, -0.05) is 24.3 Å². The van der Waals surface area contributed by atoms with E-state index in [1.54, 1.807) is 51.6 Å². The Labute approximate surface area is 170 Å². The first kappa shape index (κ1) is 21.8. The van der Waals surface area contributed by atoms with Gasteiger partial charge in [-0.3, -0.25) is 9.59 Å². The third-order valence-corrected chi connectivity index (χ3v) is 4.06. The van der Waals surface area contributed by atoms with E-state index in [0.29, 0.717) is 22.9 Å². The zero-order chi connectivity index (χ0) is 21.2. The number of benzene rings is 2. The molecule has 1 N–H and O–H groups in total. The average Bonchev–Trinajstić information content (AvgIpc) is 2.72. The summed E-state index contributed by atoms with van der Waals surface area (Å²) in [5.74, 6) is 0.984. The minimum absolute atomic E-state index is 0.100. The highest BCUT2D eigenvalue weighted by atomic mass is 16.5. The molecule has 0 unspecified atom stereocenters. The van der Waals surface area contributed by atoms with Gasteiger partial charge in [-0.05, 0) is 36.8 Å². The molecule has 0 heterocycles. The molecular weight excluding hydrogens is 372 g/mol. The molecule has 0 bridgehead atoms. The second kappa shape index (κ2) is 10.8. The summed E-state index contributed by atoms with van der Waals surface area (Å²) in [6, 6.07) is 12.4. The van der Waals surface area contributed by atoms with Gasteiger partial charge in [0.2, 0.25) is 5.91 Å². The molecule has 0 fully saturated rings. The van der Waals surface area contributed by atoms with Crippen molar-refractivity contribution in [3.05, 3.63) is 54.1 Å². The van der Waals surface area contributed by atoms with Crippen LogP contribution < -0.4 is 19.5 Å². The summed E-state index contributed by atoms with van der Waals surface area (Å²) in [5.41, 5.74) is 1.56. The lowest BCUT2D eigenvalue weighted by Gasteiger charge is -2.18. The number of allylic oxidation sites excluding steroid dienone is 1. The smallest absolute Gasteiger partial charge is 0.260 e. The first-order valence-corrected chi connectivity index (χ1v) is 9.08. The van der Waals surface area contributed by atoms with Crippen molar-refractivity contribution < 1.29 is 23.8 Å². The van der Waals surface area contributed by atoms with Crippen LogP contribution in [-0.4, -0.2) is 51.1 Å². The molecule has 0 saturated carbocycles. The maximum atomic E-state index is 12.3. The Morgan fingerprint density at radius 1 is 1.07 bits per heavy atom. The van der Waals surface area contributed by atoms with Gasteiger partial charge in [0.05, 0.1) is 20.8 Å². The molecule has 2 rings (SSSR count). The van der Waals surface area contributed by atoms with Crippen LogP contribution in [0.25, 0.3) is 6.08 Å².